The highest BCUT2D eigenvalue weighted by Crippen LogP contribution is 2.16. The third-order valence-electron chi connectivity index (χ3n) is 1.42. The number of hydrogen-bond donors (Lipinski definition) is 0. The van der Waals surface area contributed by atoms with Crippen LogP contribution >= 0.6 is 34.8 Å². The molecule has 0 spiro atoms. The number of halogens is 3. The molecule has 0 saturated carbocycles. The highest BCUT2D eigenvalue weighted by atomic mass is 35.5. The van der Waals surface area contributed by atoms with Crippen molar-refractivity contribution in [2.24, 2.45) is 0 Å². The van der Waals surface area contributed by atoms with E-state index < -0.39 is 0 Å². The topological polar surface area (TPSA) is 0 Å². The lowest BCUT2D eigenvalue weighted by Crippen LogP contribution is -1.98. The molecule has 2 atom stereocenters. The summed E-state index contributed by atoms with van der Waals surface area (Å²) in [4.78, 5) is 0. The predicted molar refractivity (Wildman–Crippen MR) is 58.7 cm³/mol. The van der Waals surface area contributed by atoms with Crippen molar-refractivity contribution in [2.75, 3.05) is 5.88 Å². The Bertz CT molecular complexity index is 139. The van der Waals surface area contributed by atoms with Crippen molar-refractivity contribution in [1.29, 1.82) is 0 Å². The van der Waals surface area contributed by atoms with Crippen LogP contribution in [0.2, 0.25) is 0 Å². The average molecular weight is 230 g/mol. The minimum Gasteiger partial charge on any atom is -0.126 e. The summed E-state index contributed by atoms with van der Waals surface area (Å²) in [5.41, 5.74) is 1.26. The van der Waals surface area contributed by atoms with Crippen molar-refractivity contribution in [3.63, 3.8) is 0 Å². The van der Waals surface area contributed by atoms with Gasteiger partial charge in [-0.2, -0.15) is 0 Å². The third-order valence-corrected chi connectivity index (χ3v) is 1.89. The number of alkyl halides is 3. The summed E-state index contributed by atoms with van der Waals surface area (Å²) in [5, 5.41) is 0.230. The molecule has 0 heterocycles. The SMILES string of the molecule is CC(Cl)C=C(CCCl)CC(C)Cl. The summed E-state index contributed by atoms with van der Waals surface area (Å²) >= 11 is 17.3. The minimum atomic E-state index is 0.0682. The first-order chi connectivity index (χ1) is 5.56. The molecule has 0 aliphatic rings. The Hall–Kier alpha value is 0.610. The maximum absolute atomic E-state index is 5.86. The molecule has 0 radical (unpaired) electrons. The van der Waals surface area contributed by atoms with E-state index in [-0.39, 0.29) is 10.8 Å². The molecule has 0 nitrogen and oxygen atoms in total. The Kier molecular flexibility index (Phi) is 7.41. The van der Waals surface area contributed by atoms with Crippen molar-refractivity contribution in [1.82, 2.24) is 0 Å². The first-order valence-corrected chi connectivity index (χ1v) is 5.50. The van der Waals surface area contributed by atoms with Gasteiger partial charge in [-0.3, -0.25) is 0 Å². The van der Waals surface area contributed by atoms with Gasteiger partial charge in [0.2, 0.25) is 0 Å². The maximum Gasteiger partial charge on any atom is 0.0490 e. The van der Waals surface area contributed by atoms with Crippen LogP contribution in [-0.2, 0) is 0 Å². The zero-order valence-corrected chi connectivity index (χ0v) is 9.76. The minimum absolute atomic E-state index is 0.0682. The molecule has 12 heavy (non-hydrogen) atoms. The number of rotatable bonds is 5. The average Bonchev–Trinajstić information content (AvgIpc) is 1.84. The monoisotopic (exact) mass is 228 g/mol. The number of hydrogen-bond acceptors (Lipinski definition) is 0. The summed E-state index contributed by atoms with van der Waals surface area (Å²) in [7, 11) is 0. The van der Waals surface area contributed by atoms with Crippen LogP contribution in [0.15, 0.2) is 11.6 Å². The van der Waals surface area contributed by atoms with Gasteiger partial charge >= 0.3 is 0 Å². The molecule has 0 fully saturated rings. The quantitative estimate of drug-likeness (QED) is 0.490. The first-order valence-electron chi connectivity index (χ1n) is 4.10. The molecule has 72 valence electrons. The molecule has 0 aromatic heterocycles. The highest BCUT2D eigenvalue weighted by molar-refractivity contribution is 6.21. The first kappa shape index (κ1) is 12.6. The molecule has 0 amide bonds. The standard InChI is InChI=1S/C9H15Cl3/c1-7(11)5-9(3-4-10)6-8(2)12/h5,7-8H,3-4,6H2,1-2H3. The summed E-state index contributed by atoms with van der Waals surface area (Å²) in [6.45, 7) is 3.91. The molecule has 2 unspecified atom stereocenters. The second kappa shape index (κ2) is 7.06. The summed E-state index contributed by atoms with van der Waals surface area (Å²) in [6.07, 6.45) is 3.80. The van der Waals surface area contributed by atoms with E-state index in [1.54, 1.807) is 0 Å². The fourth-order valence-electron chi connectivity index (χ4n) is 1.06. The zero-order valence-electron chi connectivity index (χ0n) is 7.49. The van der Waals surface area contributed by atoms with E-state index in [1.165, 1.54) is 5.57 Å². The van der Waals surface area contributed by atoms with E-state index in [4.69, 9.17) is 34.8 Å². The molecule has 0 aromatic rings. The van der Waals surface area contributed by atoms with Crippen LogP contribution in [0.25, 0.3) is 0 Å². The summed E-state index contributed by atoms with van der Waals surface area (Å²) in [6, 6.07) is 0. The molecule has 0 bridgehead atoms. The lowest BCUT2D eigenvalue weighted by atomic mass is 10.1. The van der Waals surface area contributed by atoms with Gasteiger partial charge in [-0.15, -0.1) is 34.8 Å². The lowest BCUT2D eigenvalue weighted by molar-refractivity contribution is 0.859. The second-order valence-electron chi connectivity index (χ2n) is 2.93. The highest BCUT2D eigenvalue weighted by Gasteiger charge is 2.03. The van der Waals surface area contributed by atoms with Gasteiger partial charge in [0.1, 0.15) is 0 Å². The van der Waals surface area contributed by atoms with Gasteiger partial charge in [-0.25, -0.2) is 0 Å². The fraction of sp³-hybridized carbons (Fsp3) is 0.778. The van der Waals surface area contributed by atoms with E-state index in [9.17, 15) is 0 Å². The molecule has 0 N–H and O–H groups in total. The number of allylic oxidation sites excluding steroid dienone is 2. The van der Waals surface area contributed by atoms with Gasteiger partial charge in [-0.05, 0) is 26.7 Å². The van der Waals surface area contributed by atoms with Crippen LogP contribution in [0.5, 0.6) is 0 Å². The molecule has 0 aliphatic carbocycles. The van der Waals surface area contributed by atoms with E-state index in [1.807, 2.05) is 19.9 Å². The van der Waals surface area contributed by atoms with Gasteiger partial charge in [0.25, 0.3) is 0 Å². The normalized spacial score (nSPS) is 17.6. The molecule has 0 saturated heterocycles. The predicted octanol–water partition coefficient (Wildman–Crippen LogP) is 4.19. The van der Waals surface area contributed by atoms with Crippen molar-refractivity contribution in [3.8, 4) is 0 Å². The van der Waals surface area contributed by atoms with Gasteiger partial charge in [-0.1, -0.05) is 11.6 Å². The van der Waals surface area contributed by atoms with E-state index in [2.05, 4.69) is 0 Å². The summed E-state index contributed by atoms with van der Waals surface area (Å²) in [5.74, 6) is 0.638. The van der Waals surface area contributed by atoms with E-state index >= 15 is 0 Å². The van der Waals surface area contributed by atoms with Crippen LogP contribution in [0, 0.1) is 0 Å². The molecule has 3 heteroatoms. The lowest BCUT2D eigenvalue weighted by Gasteiger charge is -2.08. The Labute approximate surface area is 89.9 Å². The Balaban J connectivity index is 4.03. The van der Waals surface area contributed by atoms with Gasteiger partial charge in [0, 0.05) is 16.6 Å². The Morgan fingerprint density at radius 1 is 1.33 bits per heavy atom. The van der Waals surface area contributed by atoms with E-state index in [0.29, 0.717) is 5.88 Å². The van der Waals surface area contributed by atoms with E-state index in [0.717, 1.165) is 12.8 Å². The zero-order chi connectivity index (χ0) is 9.56. The van der Waals surface area contributed by atoms with Gasteiger partial charge in [0.15, 0.2) is 0 Å². The molecule has 0 aromatic carbocycles. The van der Waals surface area contributed by atoms with Gasteiger partial charge in [0.05, 0.1) is 0 Å². The maximum atomic E-state index is 5.86. The molecule has 0 rings (SSSR count). The van der Waals surface area contributed by atoms with Crippen LogP contribution in [0.1, 0.15) is 26.7 Å². The smallest absolute Gasteiger partial charge is 0.0490 e. The Morgan fingerprint density at radius 2 is 1.92 bits per heavy atom. The summed E-state index contributed by atoms with van der Waals surface area (Å²) < 4.78 is 0. The van der Waals surface area contributed by atoms with Crippen LogP contribution in [0.3, 0.4) is 0 Å². The van der Waals surface area contributed by atoms with Gasteiger partial charge < -0.3 is 0 Å². The van der Waals surface area contributed by atoms with Crippen LogP contribution in [0.4, 0.5) is 0 Å². The molecular formula is C9H15Cl3. The van der Waals surface area contributed by atoms with Crippen molar-refractivity contribution in [2.45, 2.75) is 37.4 Å². The van der Waals surface area contributed by atoms with Crippen molar-refractivity contribution >= 4 is 34.8 Å². The van der Waals surface area contributed by atoms with Crippen molar-refractivity contribution in [3.05, 3.63) is 11.6 Å². The fourth-order valence-corrected chi connectivity index (χ4v) is 1.68. The van der Waals surface area contributed by atoms with Crippen LogP contribution < -0.4 is 0 Å². The largest absolute Gasteiger partial charge is 0.126 e. The Morgan fingerprint density at radius 3 is 2.25 bits per heavy atom. The van der Waals surface area contributed by atoms with Crippen molar-refractivity contribution < 1.29 is 0 Å². The molecule has 0 aliphatic heterocycles. The second-order valence-corrected chi connectivity index (χ2v) is 4.74. The molecular weight excluding hydrogens is 214 g/mol. The van der Waals surface area contributed by atoms with Crippen LogP contribution in [-0.4, -0.2) is 16.6 Å². The third kappa shape index (κ3) is 7.27.